The number of nitrogens with one attached hydrogen (secondary N) is 1. The summed E-state index contributed by atoms with van der Waals surface area (Å²) in [6.07, 6.45) is 1.84. The second-order valence-electron chi connectivity index (χ2n) is 6.93. The highest BCUT2D eigenvalue weighted by Crippen LogP contribution is 2.25. The van der Waals surface area contributed by atoms with Crippen molar-refractivity contribution in [2.24, 2.45) is 0 Å². The van der Waals surface area contributed by atoms with Crippen molar-refractivity contribution >= 4 is 21.6 Å². The van der Waals surface area contributed by atoms with Gasteiger partial charge < -0.3 is 5.32 Å². The number of hydrogen-bond acceptors (Lipinski definition) is 3. The average Bonchev–Trinajstić information content (AvgIpc) is 2.60. The van der Waals surface area contributed by atoms with Crippen LogP contribution in [0.25, 0.3) is 0 Å². The van der Waals surface area contributed by atoms with Gasteiger partial charge in [0.2, 0.25) is 15.9 Å². The van der Waals surface area contributed by atoms with Gasteiger partial charge in [0, 0.05) is 0 Å². The lowest BCUT2D eigenvalue weighted by Crippen LogP contribution is -2.41. The molecule has 0 saturated heterocycles. The zero-order valence-corrected chi connectivity index (χ0v) is 17.4. The molecule has 0 bridgehead atoms. The molecule has 0 aromatic heterocycles. The predicted molar refractivity (Wildman–Crippen MR) is 110 cm³/mol. The molecule has 0 saturated carbocycles. The van der Waals surface area contributed by atoms with Gasteiger partial charge in [0.25, 0.3) is 0 Å². The van der Waals surface area contributed by atoms with E-state index in [2.05, 4.69) is 5.32 Å². The first-order valence-electron chi connectivity index (χ1n) is 9.03. The topological polar surface area (TPSA) is 66.5 Å². The van der Waals surface area contributed by atoms with Crippen LogP contribution in [0, 0.1) is 20.8 Å². The van der Waals surface area contributed by atoms with E-state index in [0.29, 0.717) is 5.69 Å². The van der Waals surface area contributed by atoms with Crippen molar-refractivity contribution in [2.45, 2.75) is 40.2 Å². The molecule has 0 aliphatic rings. The van der Waals surface area contributed by atoms with E-state index in [0.717, 1.165) is 34.9 Å². The van der Waals surface area contributed by atoms with Gasteiger partial charge in [-0.25, -0.2) is 8.42 Å². The highest BCUT2D eigenvalue weighted by atomic mass is 32.2. The lowest BCUT2D eigenvalue weighted by molar-refractivity contribution is -0.120. The molecule has 2 aromatic carbocycles. The summed E-state index contributed by atoms with van der Waals surface area (Å²) in [5.41, 5.74) is 4.53. The first kappa shape index (κ1) is 21.0. The van der Waals surface area contributed by atoms with E-state index in [1.54, 1.807) is 12.1 Å². The number of sulfonamides is 1. The normalized spacial score (nSPS) is 12.5. The average molecular weight is 389 g/mol. The Balaban J connectivity index is 2.23. The molecule has 1 atom stereocenters. The van der Waals surface area contributed by atoms with Crippen LogP contribution in [0.4, 0.5) is 5.69 Å². The quantitative estimate of drug-likeness (QED) is 0.787. The van der Waals surface area contributed by atoms with Crippen LogP contribution < -0.4 is 9.62 Å². The molecule has 0 radical (unpaired) electrons. The van der Waals surface area contributed by atoms with Gasteiger partial charge in [0.1, 0.15) is 6.54 Å². The smallest absolute Gasteiger partial charge is 0.241 e. The van der Waals surface area contributed by atoms with Crippen LogP contribution in [0.5, 0.6) is 0 Å². The number of carbonyl (C=O) groups excluding carboxylic acids is 1. The maximum Gasteiger partial charge on any atom is 0.241 e. The Morgan fingerprint density at radius 2 is 1.70 bits per heavy atom. The summed E-state index contributed by atoms with van der Waals surface area (Å²) >= 11 is 0. The van der Waals surface area contributed by atoms with Crippen LogP contribution in [0.15, 0.2) is 42.5 Å². The number of aryl methyl sites for hydroxylation is 2. The maximum absolute atomic E-state index is 12.7. The molecule has 0 fully saturated rings. The molecule has 6 heteroatoms. The van der Waals surface area contributed by atoms with E-state index < -0.39 is 10.0 Å². The van der Waals surface area contributed by atoms with Gasteiger partial charge in [-0.3, -0.25) is 9.10 Å². The second kappa shape index (κ2) is 8.57. The molecular weight excluding hydrogens is 360 g/mol. The van der Waals surface area contributed by atoms with E-state index in [9.17, 15) is 13.2 Å². The molecule has 1 N–H and O–H groups in total. The molecule has 0 aliphatic heterocycles. The lowest BCUT2D eigenvalue weighted by Gasteiger charge is -2.26. The highest BCUT2D eigenvalue weighted by molar-refractivity contribution is 7.92. The van der Waals surface area contributed by atoms with E-state index in [1.165, 1.54) is 4.31 Å². The molecule has 2 aromatic rings. The molecule has 0 aliphatic carbocycles. The van der Waals surface area contributed by atoms with Crippen LogP contribution >= 0.6 is 0 Å². The summed E-state index contributed by atoms with van der Waals surface area (Å²) in [7, 11) is -3.59. The Morgan fingerprint density at radius 3 is 2.26 bits per heavy atom. The number of benzene rings is 2. The van der Waals surface area contributed by atoms with Crippen molar-refractivity contribution < 1.29 is 13.2 Å². The molecule has 0 spiro atoms. The molecular formula is C21H28N2O3S. The van der Waals surface area contributed by atoms with Crippen molar-refractivity contribution in [3.05, 3.63) is 64.7 Å². The predicted octanol–water partition coefficient (Wildman–Crippen LogP) is 3.65. The number of carbonyl (C=O) groups is 1. The zero-order chi connectivity index (χ0) is 20.2. The monoisotopic (exact) mass is 388 g/mol. The van der Waals surface area contributed by atoms with Crippen LogP contribution in [-0.2, 0) is 14.8 Å². The minimum absolute atomic E-state index is 0.155. The molecule has 5 nitrogen and oxygen atoms in total. The van der Waals surface area contributed by atoms with Gasteiger partial charge in [-0.2, -0.15) is 0 Å². The van der Waals surface area contributed by atoms with Gasteiger partial charge in [-0.15, -0.1) is 0 Å². The van der Waals surface area contributed by atoms with Gasteiger partial charge in [-0.1, -0.05) is 48.9 Å². The zero-order valence-electron chi connectivity index (χ0n) is 16.6. The Kier molecular flexibility index (Phi) is 6.65. The van der Waals surface area contributed by atoms with E-state index in [-0.39, 0.29) is 18.5 Å². The SMILES string of the molecule is CC[C@H](NC(=O)CN(c1cccc(C)c1C)S(C)(=O)=O)c1ccc(C)cc1. The summed E-state index contributed by atoms with van der Waals surface area (Å²) < 4.78 is 25.9. The molecule has 27 heavy (non-hydrogen) atoms. The summed E-state index contributed by atoms with van der Waals surface area (Å²) in [5, 5.41) is 2.96. The Morgan fingerprint density at radius 1 is 1.07 bits per heavy atom. The van der Waals surface area contributed by atoms with Crippen molar-refractivity contribution in [1.29, 1.82) is 0 Å². The number of rotatable bonds is 7. The molecule has 2 rings (SSSR count). The molecule has 1 amide bonds. The Hall–Kier alpha value is -2.34. The van der Waals surface area contributed by atoms with Crippen molar-refractivity contribution in [2.75, 3.05) is 17.1 Å². The van der Waals surface area contributed by atoms with Gasteiger partial charge >= 0.3 is 0 Å². The fraction of sp³-hybridized carbons (Fsp3) is 0.381. The maximum atomic E-state index is 12.7. The third-order valence-electron chi connectivity index (χ3n) is 4.76. The standard InChI is InChI=1S/C21H28N2O3S/c1-6-19(18-12-10-15(2)11-13-18)22-21(24)14-23(27(5,25)26)20-9-7-8-16(3)17(20)4/h7-13,19H,6,14H2,1-5H3,(H,22,24)/t19-/m0/s1. The van der Waals surface area contributed by atoms with Gasteiger partial charge in [0.05, 0.1) is 18.0 Å². The van der Waals surface area contributed by atoms with Crippen molar-refractivity contribution in [1.82, 2.24) is 5.32 Å². The number of nitrogens with zero attached hydrogens (tertiary/aromatic N) is 1. The summed E-state index contributed by atoms with van der Waals surface area (Å²) in [6, 6.07) is 13.3. The summed E-state index contributed by atoms with van der Waals surface area (Å²) in [5.74, 6) is -0.325. The summed E-state index contributed by atoms with van der Waals surface area (Å²) in [4.78, 5) is 12.7. The molecule has 0 unspecified atom stereocenters. The van der Waals surface area contributed by atoms with Crippen LogP contribution in [0.1, 0.15) is 41.6 Å². The van der Waals surface area contributed by atoms with E-state index in [4.69, 9.17) is 0 Å². The largest absolute Gasteiger partial charge is 0.348 e. The van der Waals surface area contributed by atoms with Crippen molar-refractivity contribution in [3.8, 4) is 0 Å². The van der Waals surface area contributed by atoms with Crippen LogP contribution in [0.2, 0.25) is 0 Å². The van der Waals surface area contributed by atoms with E-state index in [1.807, 2.05) is 58.0 Å². The van der Waals surface area contributed by atoms with Gasteiger partial charge in [0.15, 0.2) is 0 Å². The number of amides is 1. The fourth-order valence-electron chi connectivity index (χ4n) is 2.98. The van der Waals surface area contributed by atoms with E-state index >= 15 is 0 Å². The Bertz CT molecular complexity index is 906. The molecule has 0 heterocycles. The minimum Gasteiger partial charge on any atom is -0.348 e. The third kappa shape index (κ3) is 5.32. The second-order valence-corrected chi connectivity index (χ2v) is 8.83. The molecule has 146 valence electrons. The van der Waals surface area contributed by atoms with Crippen LogP contribution in [0.3, 0.4) is 0 Å². The fourth-order valence-corrected chi connectivity index (χ4v) is 3.88. The Labute approximate surface area is 162 Å². The van der Waals surface area contributed by atoms with Crippen molar-refractivity contribution in [3.63, 3.8) is 0 Å². The third-order valence-corrected chi connectivity index (χ3v) is 5.88. The first-order valence-corrected chi connectivity index (χ1v) is 10.9. The number of hydrogen-bond donors (Lipinski definition) is 1. The number of anilines is 1. The minimum atomic E-state index is -3.59. The summed E-state index contributed by atoms with van der Waals surface area (Å²) in [6.45, 7) is 7.54. The highest BCUT2D eigenvalue weighted by Gasteiger charge is 2.24. The van der Waals surface area contributed by atoms with Crippen LogP contribution in [-0.4, -0.2) is 27.1 Å². The first-order chi connectivity index (χ1) is 12.6. The van der Waals surface area contributed by atoms with Gasteiger partial charge in [-0.05, 0) is 49.9 Å². The lowest BCUT2D eigenvalue weighted by atomic mass is 10.0.